The maximum Gasteiger partial charge on any atom is 0.0136 e. The van der Waals surface area contributed by atoms with E-state index in [2.05, 4.69) is 44.4 Å². The molecule has 0 saturated heterocycles. The highest BCUT2D eigenvalue weighted by Gasteiger charge is 2.42. The molecule has 0 radical (unpaired) electrons. The first-order valence-electron chi connectivity index (χ1n) is 7.91. The summed E-state index contributed by atoms with van der Waals surface area (Å²) in [7, 11) is 2.16. The number of fused-ring (bicyclic) bond motifs is 2. The Morgan fingerprint density at radius 3 is 2.42 bits per heavy atom. The van der Waals surface area contributed by atoms with E-state index in [1.807, 2.05) is 0 Å². The summed E-state index contributed by atoms with van der Waals surface area (Å²) < 4.78 is 0. The van der Waals surface area contributed by atoms with Gasteiger partial charge in [0.05, 0.1) is 0 Å². The molecule has 2 saturated carbocycles. The van der Waals surface area contributed by atoms with Gasteiger partial charge in [-0.3, -0.25) is 0 Å². The zero-order valence-electron chi connectivity index (χ0n) is 12.6. The lowest BCUT2D eigenvalue weighted by molar-refractivity contribution is 0.255. The van der Waals surface area contributed by atoms with Gasteiger partial charge in [-0.05, 0) is 81.0 Å². The van der Waals surface area contributed by atoms with Crippen LogP contribution in [-0.2, 0) is 6.42 Å². The topological polar surface area (TPSA) is 12.0 Å². The van der Waals surface area contributed by atoms with E-state index in [4.69, 9.17) is 0 Å². The molecule has 3 rings (SSSR count). The molecule has 19 heavy (non-hydrogen) atoms. The van der Waals surface area contributed by atoms with Gasteiger partial charge < -0.3 is 5.32 Å². The molecule has 104 valence electrons. The normalized spacial score (nSPS) is 30.8. The van der Waals surface area contributed by atoms with Gasteiger partial charge in [-0.25, -0.2) is 0 Å². The van der Waals surface area contributed by atoms with Crippen LogP contribution in [0, 0.1) is 31.6 Å². The van der Waals surface area contributed by atoms with Crippen molar-refractivity contribution in [3.8, 4) is 0 Å². The molecule has 1 heteroatoms. The fourth-order valence-corrected chi connectivity index (χ4v) is 4.65. The molecule has 0 aliphatic heterocycles. The van der Waals surface area contributed by atoms with Crippen molar-refractivity contribution in [1.29, 1.82) is 0 Å². The average Bonchev–Trinajstić information content (AvgIpc) is 3.01. The number of nitrogens with one attached hydrogen (secondary N) is 1. The molecule has 2 bridgehead atoms. The number of aryl methyl sites for hydroxylation is 2. The van der Waals surface area contributed by atoms with Crippen LogP contribution < -0.4 is 5.32 Å². The Kier molecular flexibility index (Phi) is 3.66. The van der Waals surface area contributed by atoms with Crippen LogP contribution in [0.4, 0.5) is 0 Å². The van der Waals surface area contributed by atoms with Crippen molar-refractivity contribution in [2.75, 3.05) is 7.05 Å². The van der Waals surface area contributed by atoms with Crippen molar-refractivity contribution in [3.05, 3.63) is 34.9 Å². The van der Waals surface area contributed by atoms with Gasteiger partial charge in [0, 0.05) is 6.04 Å². The quantitative estimate of drug-likeness (QED) is 0.863. The van der Waals surface area contributed by atoms with E-state index in [1.54, 1.807) is 5.56 Å². The van der Waals surface area contributed by atoms with Crippen molar-refractivity contribution in [2.24, 2.45) is 17.8 Å². The highest BCUT2D eigenvalue weighted by atomic mass is 14.9. The fourth-order valence-electron chi connectivity index (χ4n) is 4.65. The summed E-state index contributed by atoms with van der Waals surface area (Å²) in [6.07, 6.45) is 7.18. The Bertz CT molecular complexity index is 431. The Morgan fingerprint density at radius 1 is 1.16 bits per heavy atom. The Hall–Kier alpha value is -0.820. The lowest BCUT2D eigenvalue weighted by Gasteiger charge is -2.31. The fraction of sp³-hybridized carbons (Fsp3) is 0.667. The molecule has 2 aliphatic rings. The highest BCUT2D eigenvalue weighted by Crippen LogP contribution is 2.49. The van der Waals surface area contributed by atoms with Crippen LogP contribution in [0.15, 0.2) is 18.2 Å². The minimum absolute atomic E-state index is 0.676. The van der Waals surface area contributed by atoms with Crippen LogP contribution in [0.2, 0.25) is 0 Å². The van der Waals surface area contributed by atoms with E-state index in [-0.39, 0.29) is 0 Å². The number of rotatable bonds is 4. The summed E-state index contributed by atoms with van der Waals surface area (Å²) in [6.45, 7) is 4.52. The molecule has 0 amide bonds. The number of likely N-dealkylation sites (N-methyl/N-ethyl adjacent to an activating group) is 1. The summed E-state index contributed by atoms with van der Waals surface area (Å²) in [5, 5.41) is 3.63. The lowest BCUT2D eigenvalue weighted by Crippen LogP contribution is -2.38. The minimum atomic E-state index is 0.676. The van der Waals surface area contributed by atoms with Crippen LogP contribution in [0.3, 0.4) is 0 Å². The summed E-state index contributed by atoms with van der Waals surface area (Å²) in [4.78, 5) is 0. The second kappa shape index (κ2) is 5.28. The molecule has 4 atom stereocenters. The minimum Gasteiger partial charge on any atom is -0.316 e. The molecule has 0 heterocycles. The summed E-state index contributed by atoms with van der Waals surface area (Å²) in [6, 6.07) is 7.38. The van der Waals surface area contributed by atoms with Crippen LogP contribution in [0.1, 0.15) is 42.4 Å². The van der Waals surface area contributed by atoms with Crippen molar-refractivity contribution in [1.82, 2.24) is 5.32 Å². The standard InChI is InChI=1S/C18H27N/c1-12-5-4-6-13(2)16(12)11-18(19-3)17-10-14-7-8-15(17)9-14/h4-6,14-15,17-19H,7-11H2,1-3H3. The third-order valence-electron chi connectivity index (χ3n) is 5.75. The smallest absolute Gasteiger partial charge is 0.0136 e. The predicted molar refractivity (Wildman–Crippen MR) is 81.4 cm³/mol. The zero-order valence-corrected chi connectivity index (χ0v) is 12.6. The maximum absolute atomic E-state index is 3.63. The first kappa shape index (κ1) is 13.2. The Morgan fingerprint density at radius 2 is 1.89 bits per heavy atom. The first-order chi connectivity index (χ1) is 9.19. The Labute approximate surface area is 117 Å². The second-order valence-corrected chi connectivity index (χ2v) is 6.81. The zero-order chi connectivity index (χ0) is 13.4. The van der Waals surface area contributed by atoms with Gasteiger partial charge in [0.25, 0.3) is 0 Å². The summed E-state index contributed by atoms with van der Waals surface area (Å²) >= 11 is 0. The summed E-state index contributed by atoms with van der Waals surface area (Å²) in [5.41, 5.74) is 4.50. The van der Waals surface area contributed by atoms with Gasteiger partial charge >= 0.3 is 0 Å². The van der Waals surface area contributed by atoms with Crippen molar-refractivity contribution >= 4 is 0 Å². The number of hydrogen-bond donors (Lipinski definition) is 1. The first-order valence-corrected chi connectivity index (χ1v) is 7.91. The van der Waals surface area contributed by atoms with E-state index in [1.165, 1.54) is 43.2 Å². The van der Waals surface area contributed by atoms with Gasteiger partial charge in [-0.2, -0.15) is 0 Å². The van der Waals surface area contributed by atoms with E-state index in [0.717, 1.165) is 17.8 Å². The Balaban J connectivity index is 1.77. The van der Waals surface area contributed by atoms with Crippen molar-refractivity contribution in [2.45, 2.75) is 52.0 Å². The van der Waals surface area contributed by atoms with Gasteiger partial charge in [-0.1, -0.05) is 24.6 Å². The molecule has 2 aliphatic carbocycles. The molecule has 1 N–H and O–H groups in total. The monoisotopic (exact) mass is 257 g/mol. The van der Waals surface area contributed by atoms with Crippen LogP contribution in [0.5, 0.6) is 0 Å². The molecule has 2 fully saturated rings. The van der Waals surface area contributed by atoms with E-state index < -0.39 is 0 Å². The molecule has 1 aromatic rings. The highest BCUT2D eigenvalue weighted by molar-refractivity contribution is 5.34. The van der Waals surface area contributed by atoms with Gasteiger partial charge in [0.15, 0.2) is 0 Å². The van der Waals surface area contributed by atoms with Gasteiger partial charge in [0.1, 0.15) is 0 Å². The van der Waals surface area contributed by atoms with E-state index >= 15 is 0 Å². The lowest BCUT2D eigenvalue weighted by atomic mass is 9.80. The molecular weight excluding hydrogens is 230 g/mol. The van der Waals surface area contributed by atoms with E-state index in [9.17, 15) is 0 Å². The predicted octanol–water partition coefficient (Wildman–Crippen LogP) is 3.87. The SMILES string of the molecule is CNC(Cc1c(C)cccc1C)C1CC2CCC1C2. The largest absolute Gasteiger partial charge is 0.316 e. The van der Waals surface area contributed by atoms with Crippen molar-refractivity contribution in [3.63, 3.8) is 0 Å². The average molecular weight is 257 g/mol. The van der Waals surface area contributed by atoms with Gasteiger partial charge in [0.2, 0.25) is 0 Å². The molecule has 0 spiro atoms. The van der Waals surface area contributed by atoms with Gasteiger partial charge in [-0.15, -0.1) is 0 Å². The molecule has 1 aromatic carbocycles. The van der Waals surface area contributed by atoms with Crippen LogP contribution in [-0.4, -0.2) is 13.1 Å². The van der Waals surface area contributed by atoms with E-state index in [0.29, 0.717) is 6.04 Å². The molecular formula is C18H27N. The van der Waals surface area contributed by atoms with Crippen molar-refractivity contribution < 1.29 is 0 Å². The maximum atomic E-state index is 3.63. The summed E-state index contributed by atoms with van der Waals surface area (Å²) in [5.74, 6) is 2.97. The molecule has 1 nitrogen and oxygen atoms in total. The van der Waals surface area contributed by atoms with Crippen LogP contribution in [0.25, 0.3) is 0 Å². The number of benzene rings is 1. The number of hydrogen-bond acceptors (Lipinski definition) is 1. The third-order valence-corrected chi connectivity index (χ3v) is 5.75. The van der Waals surface area contributed by atoms with Crippen LogP contribution >= 0.6 is 0 Å². The molecule has 4 unspecified atom stereocenters. The third kappa shape index (κ3) is 2.45. The second-order valence-electron chi connectivity index (χ2n) is 6.81. The molecule has 0 aromatic heterocycles.